The molecular formula is C5H6NO7S+. The topological polar surface area (TPSA) is 115 Å². The van der Waals surface area contributed by atoms with E-state index in [2.05, 4.69) is 4.84 Å². The highest BCUT2D eigenvalue weighted by Gasteiger charge is 2.64. The molecule has 1 aliphatic rings. The predicted molar refractivity (Wildman–Crippen MR) is 38.2 cm³/mol. The normalized spacial score (nSPS) is 20.9. The van der Waals surface area contributed by atoms with Gasteiger partial charge in [0.1, 0.15) is 4.05 Å². The molecule has 1 fully saturated rings. The molecule has 14 heavy (non-hydrogen) atoms. The summed E-state index contributed by atoms with van der Waals surface area (Å²) in [5.41, 5.74) is 0. The minimum atomic E-state index is -5.14. The van der Waals surface area contributed by atoms with Gasteiger partial charge < -0.3 is 0 Å². The lowest BCUT2D eigenvalue weighted by Gasteiger charge is -2.17. The van der Waals surface area contributed by atoms with Crippen LogP contribution in [0.3, 0.4) is 0 Å². The van der Waals surface area contributed by atoms with Crippen LogP contribution in [0.2, 0.25) is 0 Å². The molecule has 1 heterocycles. The van der Waals surface area contributed by atoms with Crippen LogP contribution in [-0.4, -0.2) is 35.3 Å². The van der Waals surface area contributed by atoms with Crippen LogP contribution in [0.5, 0.6) is 0 Å². The zero-order valence-electron chi connectivity index (χ0n) is 6.74. The number of quaternary nitrogens is 1. The van der Waals surface area contributed by atoms with Crippen molar-refractivity contribution in [2.45, 2.75) is 12.8 Å². The molecule has 8 nitrogen and oxygen atoms in total. The zero-order chi connectivity index (χ0) is 11.0. The molecule has 1 rings (SSSR count). The van der Waals surface area contributed by atoms with Crippen molar-refractivity contribution in [1.29, 1.82) is 0 Å². The van der Waals surface area contributed by atoms with Crippen molar-refractivity contribution in [2.75, 3.05) is 0 Å². The van der Waals surface area contributed by atoms with E-state index in [9.17, 15) is 22.8 Å². The van der Waals surface area contributed by atoms with Crippen molar-refractivity contribution < 1.29 is 36.2 Å². The molecule has 1 aliphatic heterocycles. The van der Waals surface area contributed by atoms with E-state index in [1.54, 1.807) is 0 Å². The summed E-state index contributed by atoms with van der Waals surface area (Å²) in [6.07, 6.45) is -0.793. The second-order valence-corrected chi connectivity index (χ2v) is 3.90. The van der Waals surface area contributed by atoms with Crippen molar-refractivity contribution in [2.24, 2.45) is 0 Å². The van der Waals surface area contributed by atoms with E-state index >= 15 is 0 Å². The fourth-order valence-electron chi connectivity index (χ4n) is 1.14. The third-order valence-electron chi connectivity index (χ3n) is 1.73. The Morgan fingerprint density at radius 1 is 1.29 bits per heavy atom. The summed E-state index contributed by atoms with van der Waals surface area (Å²) in [5.74, 6) is -2.38. The Bertz CT molecular complexity index is 380. The van der Waals surface area contributed by atoms with Gasteiger partial charge in [-0.2, -0.15) is 0 Å². The molecule has 78 valence electrons. The van der Waals surface area contributed by atoms with Gasteiger partial charge in [0.15, 0.2) is 0 Å². The summed E-state index contributed by atoms with van der Waals surface area (Å²) in [6.45, 7) is -0.380. The molecule has 0 saturated carbocycles. The fourth-order valence-corrected chi connectivity index (χ4v) is 1.98. The number of carbonyl (C=O) groups is 3. The van der Waals surface area contributed by atoms with E-state index in [0.717, 1.165) is 0 Å². The van der Waals surface area contributed by atoms with Gasteiger partial charge in [-0.3, -0.25) is 0 Å². The van der Waals surface area contributed by atoms with Crippen molar-refractivity contribution in [3.63, 3.8) is 0 Å². The number of hydroxylamine groups is 2. The molecule has 0 aliphatic carbocycles. The Kier molecular flexibility index (Phi) is 2.39. The summed E-state index contributed by atoms with van der Waals surface area (Å²) in [4.78, 5) is 36.0. The van der Waals surface area contributed by atoms with Gasteiger partial charge in [0.25, 0.3) is 0 Å². The van der Waals surface area contributed by atoms with E-state index in [-0.39, 0.29) is 6.47 Å². The van der Waals surface area contributed by atoms with Crippen LogP contribution < -0.4 is 0 Å². The van der Waals surface area contributed by atoms with E-state index in [1.165, 1.54) is 0 Å². The minimum absolute atomic E-state index is 0.380. The number of amides is 2. The van der Waals surface area contributed by atoms with Gasteiger partial charge in [-0.15, -0.1) is 8.42 Å². The van der Waals surface area contributed by atoms with Crippen molar-refractivity contribution >= 4 is 28.6 Å². The van der Waals surface area contributed by atoms with Gasteiger partial charge in [0.05, 0.1) is 12.8 Å². The summed E-state index contributed by atoms with van der Waals surface area (Å²) in [6, 6.07) is 0. The third kappa shape index (κ3) is 1.22. The Hall–Kier alpha value is -1.32. The van der Waals surface area contributed by atoms with E-state index in [0.29, 0.717) is 0 Å². The quantitative estimate of drug-likeness (QED) is 0.269. The first-order valence-electron chi connectivity index (χ1n) is 3.42. The summed E-state index contributed by atoms with van der Waals surface area (Å²) >= 11 is 0. The van der Waals surface area contributed by atoms with Gasteiger partial charge in [-0.05, 0) is 0 Å². The molecule has 2 amide bonds. The first-order chi connectivity index (χ1) is 6.36. The van der Waals surface area contributed by atoms with Crippen LogP contribution >= 0.6 is 0 Å². The molecule has 0 aromatic heterocycles. The number of carbonyl (C=O) groups excluding carboxylic acids is 3. The molecule has 0 unspecified atom stereocenters. The van der Waals surface area contributed by atoms with Gasteiger partial charge in [-0.25, -0.2) is 23.8 Å². The largest absolute Gasteiger partial charge is 0.488 e. The van der Waals surface area contributed by atoms with Crippen LogP contribution in [0.4, 0.5) is 0 Å². The highest BCUT2D eigenvalue weighted by Crippen LogP contribution is 2.27. The van der Waals surface area contributed by atoms with Crippen molar-refractivity contribution in [1.82, 2.24) is 0 Å². The third-order valence-corrected chi connectivity index (χ3v) is 2.87. The first kappa shape index (κ1) is 10.8. The number of nitrogens with zero attached hydrogens (tertiary/aromatic N) is 1. The molecule has 0 radical (unpaired) electrons. The highest BCUT2D eigenvalue weighted by atomic mass is 32.2. The van der Waals surface area contributed by atoms with Crippen LogP contribution in [-0.2, 0) is 29.5 Å². The number of rotatable bonds is 3. The maximum absolute atomic E-state index is 11.1. The minimum Gasteiger partial charge on any atom is -0.249 e. The molecule has 9 heteroatoms. The molecule has 0 aromatic rings. The molecule has 0 atom stereocenters. The molecular weight excluding hydrogens is 218 g/mol. The first-order valence-corrected chi connectivity index (χ1v) is 4.81. The van der Waals surface area contributed by atoms with Gasteiger partial charge in [0, 0.05) is 0 Å². The van der Waals surface area contributed by atoms with Gasteiger partial charge in [-0.1, -0.05) is 0 Å². The predicted octanol–water partition coefficient (Wildman–Crippen LogP) is -1.46. The summed E-state index contributed by atoms with van der Waals surface area (Å²) in [5, 5.41) is 0. The average molecular weight is 224 g/mol. The Morgan fingerprint density at radius 2 is 1.71 bits per heavy atom. The Morgan fingerprint density at radius 3 is 2.00 bits per heavy atom. The second kappa shape index (κ2) is 3.12. The van der Waals surface area contributed by atoms with Crippen LogP contribution in [0.15, 0.2) is 0 Å². The smallest absolute Gasteiger partial charge is 0.249 e. The highest BCUT2D eigenvalue weighted by molar-refractivity contribution is 7.80. The maximum atomic E-state index is 11.1. The maximum Gasteiger partial charge on any atom is 0.488 e. The lowest BCUT2D eigenvalue weighted by Crippen LogP contribution is -2.55. The molecule has 0 spiro atoms. The van der Waals surface area contributed by atoms with Crippen LogP contribution in [0.25, 0.3) is 0 Å². The molecule has 0 aromatic carbocycles. The number of hydrogen-bond donors (Lipinski definition) is 1. The molecule has 1 N–H and O–H groups in total. The van der Waals surface area contributed by atoms with E-state index in [4.69, 9.17) is 4.55 Å². The lowest BCUT2D eigenvalue weighted by molar-refractivity contribution is -0.851. The standard InChI is InChI=1S/C5H5NO7S/c7-3-13-6(14(10,11)12)4(8)1-2-5(6)9/h3H,1-2H2/p+1. The van der Waals surface area contributed by atoms with Crippen molar-refractivity contribution in [3.05, 3.63) is 0 Å². The Labute approximate surface area is 78.5 Å². The zero-order valence-corrected chi connectivity index (χ0v) is 7.56. The average Bonchev–Trinajstić information content (AvgIpc) is 2.32. The van der Waals surface area contributed by atoms with Crippen LogP contribution in [0.1, 0.15) is 12.8 Å². The van der Waals surface area contributed by atoms with E-state index in [1.807, 2.05) is 0 Å². The SMILES string of the molecule is O=CO[N+]1(S(=O)(=O)O)C(=O)CCC1=O. The van der Waals surface area contributed by atoms with Crippen molar-refractivity contribution in [3.8, 4) is 0 Å². The number of hydrogen-bond acceptors (Lipinski definition) is 6. The van der Waals surface area contributed by atoms with Gasteiger partial charge in [0.2, 0.25) is 0 Å². The Balaban J connectivity index is 3.36. The lowest BCUT2D eigenvalue weighted by atomic mass is 10.4. The molecule has 1 saturated heterocycles. The number of imide groups is 1. The van der Waals surface area contributed by atoms with E-state index < -0.39 is 39.0 Å². The second-order valence-electron chi connectivity index (χ2n) is 2.49. The summed E-state index contributed by atoms with van der Waals surface area (Å²) in [7, 11) is -5.14. The van der Waals surface area contributed by atoms with Gasteiger partial charge >= 0.3 is 28.6 Å². The fraction of sp³-hybridized carbons (Fsp3) is 0.400. The van der Waals surface area contributed by atoms with Crippen LogP contribution in [0, 0.1) is 0 Å². The molecule has 0 bridgehead atoms. The monoisotopic (exact) mass is 224 g/mol. The summed E-state index contributed by atoms with van der Waals surface area (Å²) < 4.78 is 27.9.